The SMILES string of the molecule is C[C@@H](CC(=O)c1ccccc1F)C(=O)O[C@H](C)C(=O)NC(=O)NC(C)(C)C. The van der Waals surface area contributed by atoms with Crippen LogP contribution >= 0.6 is 0 Å². The van der Waals surface area contributed by atoms with Gasteiger partial charge in [0, 0.05) is 12.0 Å². The van der Waals surface area contributed by atoms with E-state index in [0.717, 1.165) is 6.07 Å². The number of esters is 1. The Morgan fingerprint density at radius 2 is 1.70 bits per heavy atom. The highest BCUT2D eigenvalue weighted by atomic mass is 19.1. The van der Waals surface area contributed by atoms with Crippen LogP contribution < -0.4 is 10.6 Å². The van der Waals surface area contributed by atoms with Gasteiger partial charge in [0.2, 0.25) is 0 Å². The number of urea groups is 1. The number of amides is 3. The Balaban J connectivity index is 2.56. The second-order valence-corrected chi connectivity index (χ2v) is 7.28. The molecule has 27 heavy (non-hydrogen) atoms. The first-order valence-electron chi connectivity index (χ1n) is 8.52. The van der Waals surface area contributed by atoms with Crippen LogP contribution in [0.5, 0.6) is 0 Å². The van der Waals surface area contributed by atoms with Crippen molar-refractivity contribution in [2.24, 2.45) is 5.92 Å². The molecule has 0 aliphatic heterocycles. The molecule has 0 aliphatic carbocycles. The van der Waals surface area contributed by atoms with Crippen molar-refractivity contribution in [2.45, 2.75) is 52.7 Å². The molecular formula is C19H25FN2O5. The number of nitrogens with one attached hydrogen (secondary N) is 2. The number of hydrogen-bond acceptors (Lipinski definition) is 5. The number of Topliss-reactive ketones (excluding diaryl/α,β-unsaturated/α-hetero) is 1. The first-order chi connectivity index (χ1) is 12.4. The normalized spacial score (nSPS) is 13.3. The molecular weight excluding hydrogens is 355 g/mol. The number of halogens is 1. The Labute approximate surface area is 157 Å². The van der Waals surface area contributed by atoms with Crippen LogP contribution in [0.25, 0.3) is 0 Å². The number of hydrogen-bond donors (Lipinski definition) is 2. The van der Waals surface area contributed by atoms with Crippen LogP contribution in [0, 0.1) is 11.7 Å². The summed E-state index contributed by atoms with van der Waals surface area (Å²) in [4.78, 5) is 47.8. The minimum Gasteiger partial charge on any atom is -0.452 e. The molecule has 8 heteroatoms. The van der Waals surface area contributed by atoms with Crippen molar-refractivity contribution in [1.82, 2.24) is 10.6 Å². The summed E-state index contributed by atoms with van der Waals surface area (Å²) in [5, 5.41) is 4.61. The second-order valence-electron chi connectivity index (χ2n) is 7.28. The van der Waals surface area contributed by atoms with E-state index in [2.05, 4.69) is 10.6 Å². The zero-order valence-electron chi connectivity index (χ0n) is 16.1. The van der Waals surface area contributed by atoms with Crippen LogP contribution in [0.3, 0.4) is 0 Å². The third kappa shape index (κ3) is 7.55. The summed E-state index contributed by atoms with van der Waals surface area (Å²) in [6.07, 6.45) is -1.49. The van der Waals surface area contributed by atoms with Gasteiger partial charge in [-0.25, -0.2) is 9.18 Å². The molecule has 2 N–H and O–H groups in total. The van der Waals surface area contributed by atoms with Gasteiger partial charge in [0.15, 0.2) is 11.9 Å². The van der Waals surface area contributed by atoms with Gasteiger partial charge in [-0.3, -0.25) is 19.7 Å². The van der Waals surface area contributed by atoms with E-state index < -0.39 is 47.1 Å². The maximum absolute atomic E-state index is 13.6. The van der Waals surface area contributed by atoms with E-state index in [1.807, 2.05) is 0 Å². The summed E-state index contributed by atoms with van der Waals surface area (Å²) in [7, 11) is 0. The molecule has 0 radical (unpaired) electrons. The van der Waals surface area contributed by atoms with Crippen LogP contribution in [0.4, 0.5) is 9.18 Å². The van der Waals surface area contributed by atoms with Crippen LogP contribution in [-0.4, -0.2) is 35.3 Å². The standard InChI is InChI=1S/C19H25FN2O5/c1-11(10-15(23)13-8-6-7-9-14(13)20)17(25)27-12(2)16(24)21-18(26)22-19(3,4)5/h6-9,11-12H,10H2,1-5H3,(H2,21,22,24,26)/t11-,12+/m0/s1. The fraction of sp³-hybridized carbons (Fsp3) is 0.474. The van der Waals surface area contributed by atoms with Crippen LogP contribution in [0.1, 0.15) is 51.4 Å². The number of imide groups is 1. The largest absolute Gasteiger partial charge is 0.452 e. The summed E-state index contributed by atoms with van der Waals surface area (Å²) < 4.78 is 18.6. The van der Waals surface area contributed by atoms with E-state index in [1.54, 1.807) is 20.8 Å². The predicted molar refractivity (Wildman–Crippen MR) is 96.5 cm³/mol. The van der Waals surface area contributed by atoms with Crippen molar-refractivity contribution < 1.29 is 28.3 Å². The van der Waals surface area contributed by atoms with Gasteiger partial charge in [-0.2, -0.15) is 0 Å². The van der Waals surface area contributed by atoms with Crippen molar-refractivity contribution >= 4 is 23.7 Å². The molecule has 1 aromatic carbocycles. The number of ketones is 1. The van der Waals surface area contributed by atoms with Gasteiger partial charge in [0.05, 0.1) is 11.5 Å². The minimum absolute atomic E-state index is 0.109. The summed E-state index contributed by atoms with van der Waals surface area (Å²) in [5.74, 6) is -3.67. The van der Waals surface area contributed by atoms with Crippen molar-refractivity contribution in [3.8, 4) is 0 Å². The van der Waals surface area contributed by atoms with E-state index in [9.17, 15) is 23.6 Å². The summed E-state index contributed by atoms with van der Waals surface area (Å²) in [6.45, 7) is 7.99. The molecule has 148 valence electrons. The van der Waals surface area contributed by atoms with Gasteiger partial charge in [-0.15, -0.1) is 0 Å². The lowest BCUT2D eigenvalue weighted by molar-refractivity contribution is -0.157. The quantitative estimate of drug-likeness (QED) is 0.583. The Hall–Kier alpha value is -2.77. The minimum atomic E-state index is -1.23. The number of carbonyl (C=O) groups excluding carboxylic acids is 4. The average molecular weight is 380 g/mol. The van der Waals surface area contributed by atoms with E-state index in [4.69, 9.17) is 4.74 Å². The van der Waals surface area contributed by atoms with Crippen LogP contribution in [-0.2, 0) is 14.3 Å². The monoisotopic (exact) mass is 380 g/mol. The highest BCUT2D eigenvalue weighted by molar-refractivity contribution is 5.99. The molecule has 0 spiro atoms. The third-order valence-corrected chi connectivity index (χ3v) is 3.46. The lowest BCUT2D eigenvalue weighted by Crippen LogP contribution is -2.50. The van der Waals surface area contributed by atoms with Gasteiger partial charge < -0.3 is 10.1 Å². The smallest absolute Gasteiger partial charge is 0.321 e. The molecule has 1 aromatic rings. The predicted octanol–water partition coefficient (Wildman–Crippen LogP) is 2.59. The Morgan fingerprint density at radius 1 is 1.11 bits per heavy atom. The third-order valence-electron chi connectivity index (χ3n) is 3.46. The molecule has 0 unspecified atom stereocenters. The van der Waals surface area contributed by atoms with Crippen molar-refractivity contribution in [2.75, 3.05) is 0 Å². The molecule has 0 saturated carbocycles. The molecule has 2 atom stereocenters. The summed E-state index contributed by atoms with van der Waals surface area (Å²) in [5.41, 5.74) is -0.645. The maximum Gasteiger partial charge on any atom is 0.321 e. The highest BCUT2D eigenvalue weighted by Crippen LogP contribution is 2.15. The fourth-order valence-corrected chi connectivity index (χ4v) is 2.09. The van der Waals surface area contributed by atoms with Crippen LogP contribution in [0.2, 0.25) is 0 Å². The molecule has 0 bridgehead atoms. The topological polar surface area (TPSA) is 102 Å². The molecule has 7 nitrogen and oxygen atoms in total. The molecule has 0 aromatic heterocycles. The van der Waals surface area contributed by atoms with Gasteiger partial charge in [-0.1, -0.05) is 19.1 Å². The first-order valence-corrected chi connectivity index (χ1v) is 8.52. The maximum atomic E-state index is 13.6. The number of rotatable bonds is 6. The zero-order valence-corrected chi connectivity index (χ0v) is 16.1. The van der Waals surface area contributed by atoms with Crippen molar-refractivity contribution in [3.63, 3.8) is 0 Å². The van der Waals surface area contributed by atoms with E-state index in [0.29, 0.717) is 0 Å². The van der Waals surface area contributed by atoms with Gasteiger partial charge >= 0.3 is 12.0 Å². The van der Waals surface area contributed by atoms with Gasteiger partial charge in [0.1, 0.15) is 5.82 Å². The molecule has 0 heterocycles. The van der Waals surface area contributed by atoms with Crippen LogP contribution in [0.15, 0.2) is 24.3 Å². The molecule has 0 saturated heterocycles. The van der Waals surface area contributed by atoms with Crippen molar-refractivity contribution in [1.29, 1.82) is 0 Å². The number of carbonyl (C=O) groups is 4. The lowest BCUT2D eigenvalue weighted by atomic mass is 9.99. The highest BCUT2D eigenvalue weighted by Gasteiger charge is 2.26. The van der Waals surface area contributed by atoms with E-state index in [1.165, 1.54) is 32.0 Å². The number of benzene rings is 1. The van der Waals surface area contributed by atoms with Gasteiger partial charge in [0.25, 0.3) is 5.91 Å². The molecule has 0 fully saturated rings. The Morgan fingerprint density at radius 3 is 2.26 bits per heavy atom. The Kier molecular flexibility index (Phi) is 7.63. The second kappa shape index (κ2) is 9.25. The lowest BCUT2D eigenvalue weighted by Gasteiger charge is -2.21. The number of ether oxygens (including phenoxy) is 1. The fourth-order valence-electron chi connectivity index (χ4n) is 2.09. The van der Waals surface area contributed by atoms with E-state index in [-0.39, 0.29) is 12.0 Å². The Bertz CT molecular complexity index is 727. The zero-order chi connectivity index (χ0) is 20.8. The van der Waals surface area contributed by atoms with E-state index >= 15 is 0 Å². The molecule has 1 rings (SSSR count). The van der Waals surface area contributed by atoms with Crippen molar-refractivity contribution in [3.05, 3.63) is 35.6 Å². The van der Waals surface area contributed by atoms with Gasteiger partial charge in [-0.05, 0) is 39.8 Å². The summed E-state index contributed by atoms with van der Waals surface area (Å²) >= 11 is 0. The molecule has 3 amide bonds. The first kappa shape index (κ1) is 22.3. The average Bonchev–Trinajstić information content (AvgIpc) is 2.52. The summed E-state index contributed by atoms with van der Waals surface area (Å²) in [6, 6.07) is 4.76. The molecule has 0 aliphatic rings.